The number of hydrogen-bond donors (Lipinski definition) is 2. The molecule has 0 spiro atoms. The molecule has 116 valence electrons. The molecule has 7 heteroatoms. The number of carboxylic acid groups (broad SMARTS) is 1. The second kappa shape index (κ2) is 6.65. The van der Waals surface area contributed by atoms with Crippen LogP contribution in [-0.4, -0.2) is 22.0 Å². The van der Waals surface area contributed by atoms with E-state index in [0.717, 1.165) is 11.3 Å². The highest BCUT2D eigenvalue weighted by atomic mass is 32.1. The first-order chi connectivity index (χ1) is 10.4. The molecule has 2 rings (SSSR count). The van der Waals surface area contributed by atoms with Gasteiger partial charge in [-0.3, -0.25) is 4.79 Å². The minimum absolute atomic E-state index is 0.0538. The summed E-state index contributed by atoms with van der Waals surface area (Å²) in [5, 5.41) is 12.3. The van der Waals surface area contributed by atoms with Crippen molar-refractivity contribution >= 4 is 23.2 Å². The van der Waals surface area contributed by atoms with Crippen LogP contribution < -0.4 is 5.32 Å². The number of aryl methyl sites for hydroxylation is 1. The fourth-order valence-corrected chi connectivity index (χ4v) is 2.90. The van der Waals surface area contributed by atoms with E-state index in [1.165, 1.54) is 12.1 Å². The predicted molar refractivity (Wildman–Crippen MR) is 80.5 cm³/mol. The number of benzene rings is 1. The number of thiazole rings is 1. The van der Waals surface area contributed by atoms with E-state index in [1.807, 2.05) is 0 Å². The fourth-order valence-electron chi connectivity index (χ4n) is 1.99. The molecule has 0 bridgehead atoms. The standard InChI is InChI=1S/C15H15FN2O3S/c1-8-13(15(20)21)22-14(18-8)9(2)17-12(19)7-10-4-3-5-11(16)6-10/h3-6,9H,7H2,1-2H3,(H,17,19)(H,20,21)/t9-/m0/s1. The summed E-state index contributed by atoms with van der Waals surface area (Å²) in [5.41, 5.74) is 1.00. The zero-order valence-corrected chi connectivity index (χ0v) is 12.9. The second-order valence-electron chi connectivity index (χ2n) is 4.87. The molecular formula is C15H15FN2O3S. The molecule has 0 aliphatic rings. The summed E-state index contributed by atoms with van der Waals surface area (Å²) < 4.78 is 13.1. The Hall–Kier alpha value is -2.28. The molecule has 2 N–H and O–H groups in total. The van der Waals surface area contributed by atoms with Crippen LogP contribution in [0.5, 0.6) is 0 Å². The number of carbonyl (C=O) groups is 2. The summed E-state index contributed by atoms with van der Waals surface area (Å²) in [5.74, 6) is -1.69. The minimum atomic E-state index is -1.03. The highest BCUT2D eigenvalue weighted by Crippen LogP contribution is 2.23. The number of halogens is 1. The first-order valence-corrected chi connectivity index (χ1v) is 7.43. The smallest absolute Gasteiger partial charge is 0.347 e. The summed E-state index contributed by atoms with van der Waals surface area (Å²) in [6, 6.07) is 5.43. The van der Waals surface area contributed by atoms with Crippen LogP contribution in [0.1, 0.15) is 38.9 Å². The zero-order valence-electron chi connectivity index (χ0n) is 12.1. The van der Waals surface area contributed by atoms with Crippen molar-refractivity contribution in [1.82, 2.24) is 10.3 Å². The van der Waals surface area contributed by atoms with Crippen LogP contribution in [0.25, 0.3) is 0 Å². The van der Waals surface area contributed by atoms with Gasteiger partial charge in [-0.1, -0.05) is 12.1 Å². The van der Waals surface area contributed by atoms with E-state index in [2.05, 4.69) is 10.3 Å². The van der Waals surface area contributed by atoms with Crippen molar-refractivity contribution in [1.29, 1.82) is 0 Å². The number of nitrogens with zero attached hydrogens (tertiary/aromatic N) is 1. The van der Waals surface area contributed by atoms with Crippen LogP contribution in [-0.2, 0) is 11.2 Å². The van der Waals surface area contributed by atoms with Gasteiger partial charge in [0.05, 0.1) is 18.2 Å². The van der Waals surface area contributed by atoms with Crippen molar-refractivity contribution in [2.75, 3.05) is 0 Å². The van der Waals surface area contributed by atoms with Gasteiger partial charge in [0.2, 0.25) is 5.91 Å². The van der Waals surface area contributed by atoms with Crippen molar-refractivity contribution in [3.8, 4) is 0 Å². The van der Waals surface area contributed by atoms with Gasteiger partial charge in [0.15, 0.2) is 0 Å². The lowest BCUT2D eigenvalue weighted by molar-refractivity contribution is -0.121. The number of nitrogens with one attached hydrogen (secondary N) is 1. The minimum Gasteiger partial charge on any atom is -0.477 e. The maximum atomic E-state index is 13.1. The van der Waals surface area contributed by atoms with Gasteiger partial charge in [0, 0.05) is 0 Å². The van der Waals surface area contributed by atoms with Gasteiger partial charge < -0.3 is 10.4 Å². The number of amides is 1. The summed E-state index contributed by atoms with van der Waals surface area (Å²) in [7, 11) is 0. The molecule has 0 aliphatic heterocycles. The normalized spacial score (nSPS) is 12.0. The molecule has 0 fully saturated rings. The van der Waals surface area contributed by atoms with Crippen LogP contribution in [0.3, 0.4) is 0 Å². The largest absolute Gasteiger partial charge is 0.477 e. The van der Waals surface area contributed by atoms with Gasteiger partial charge in [0.25, 0.3) is 0 Å². The van der Waals surface area contributed by atoms with Gasteiger partial charge in [-0.25, -0.2) is 14.2 Å². The summed E-state index contributed by atoms with van der Waals surface area (Å²) in [4.78, 5) is 27.3. The average Bonchev–Trinajstić information content (AvgIpc) is 2.81. The van der Waals surface area contributed by atoms with E-state index in [-0.39, 0.29) is 23.0 Å². The van der Waals surface area contributed by atoms with Crippen molar-refractivity contribution in [3.63, 3.8) is 0 Å². The Balaban J connectivity index is 2.02. The number of aromatic nitrogens is 1. The maximum absolute atomic E-state index is 13.1. The fraction of sp³-hybridized carbons (Fsp3) is 0.267. The number of carbonyl (C=O) groups excluding carboxylic acids is 1. The molecule has 22 heavy (non-hydrogen) atoms. The number of aromatic carboxylic acids is 1. The molecule has 1 amide bonds. The van der Waals surface area contributed by atoms with E-state index >= 15 is 0 Å². The molecule has 5 nitrogen and oxygen atoms in total. The van der Waals surface area contributed by atoms with E-state index in [1.54, 1.807) is 26.0 Å². The third-order valence-corrected chi connectivity index (χ3v) is 4.34. The molecule has 0 saturated heterocycles. The van der Waals surface area contributed by atoms with E-state index in [4.69, 9.17) is 5.11 Å². The topological polar surface area (TPSA) is 79.3 Å². The summed E-state index contributed by atoms with van der Waals surface area (Å²) in [6.45, 7) is 3.35. The monoisotopic (exact) mass is 322 g/mol. The molecule has 2 aromatic rings. The van der Waals surface area contributed by atoms with Crippen LogP contribution in [0.15, 0.2) is 24.3 Å². The molecule has 1 atom stereocenters. The molecule has 0 radical (unpaired) electrons. The highest BCUT2D eigenvalue weighted by molar-refractivity contribution is 7.13. The quantitative estimate of drug-likeness (QED) is 0.887. The van der Waals surface area contributed by atoms with E-state index < -0.39 is 12.0 Å². The maximum Gasteiger partial charge on any atom is 0.347 e. The Morgan fingerprint density at radius 2 is 2.18 bits per heavy atom. The van der Waals surface area contributed by atoms with Crippen LogP contribution >= 0.6 is 11.3 Å². The summed E-state index contributed by atoms with van der Waals surface area (Å²) in [6.07, 6.45) is 0.0538. The van der Waals surface area contributed by atoms with Crippen LogP contribution in [0, 0.1) is 12.7 Å². The third kappa shape index (κ3) is 3.88. The van der Waals surface area contributed by atoms with Crippen molar-refractivity contribution in [2.24, 2.45) is 0 Å². The van der Waals surface area contributed by atoms with Crippen molar-refractivity contribution in [2.45, 2.75) is 26.3 Å². The number of hydrogen-bond acceptors (Lipinski definition) is 4. The second-order valence-corrected chi connectivity index (χ2v) is 5.90. The van der Waals surface area contributed by atoms with Gasteiger partial charge in [-0.2, -0.15) is 0 Å². The molecule has 1 aromatic carbocycles. The van der Waals surface area contributed by atoms with Crippen LogP contribution in [0.4, 0.5) is 4.39 Å². The molecule has 1 aromatic heterocycles. The van der Waals surface area contributed by atoms with E-state index in [0.29, 0.717) is 16.3 Å². The van der Waals surface area contributed by atoms with Crippen molar-refractivity contribution < 1.29 is 19.1 Å². The highest BCUT2D eigenvalue weighted by Gasteiger charge is 2.19. The molecule has 0 aliphatic carbocycles. The first-order valence-electron chi connectivity index (χ1n) is 6.61. The average molecular weight is 322 g/mol. The predicted octanol–water partition coefficient (Wildman–Crippen LogP) is 2.71. The first kappa shape index (κ1) is 16.1. The lowest BCUT2D eigenvalue weighted by atomic mass is 10.1. The molecule has 0 saturated carbocycles. The SMILES string of the molecule is Cc1nc([C@H](C)NC(=O)Cc2cccc(F)c2)sc1C(=O)O. The van der Waals surface area contributed by atoms with Gasteiger partial charge in [-0.15, -0.1) is 11.3 Å². The Kier molecular flexibility index (Phi) is 4.87. The Labute approximate surface area is 130 Å². The summed E-state index contributed by atoms with van der Waals surface area (Å²) >= 11 is 1.04. The third-order valence-electron chi connectivity index (χ3n) is 3.01. The van der Waals surface area contributed by atoms with Crippen LogP contribution in [0.2, 0.25) is 0 Å². The van der Waals surface area contributed by atoms with Gasteiger partial charge in [0.1, 0.15) is 15.7 Å². The van der Waals surface area contributed by atoms with Crippen molar-refractivity contribution in [3.05, 3.63) is 51.2 Å². The Morgan fingerprint density at radius 3 is 2.77 bits per heavy atom. The molecule has 1 heterocycles. The van der Waals surface area contributed by atoms with Gasteiger partial charge >= 0.3 is 5.97 Å². The van der Waals surface area contributed by atoms with Gasteiger partial charge in [-0.05, 0) is 31.5 Å². The lowest BCUT2D eigenvalue weighted by Crippen LogP contribution is -2.28. The number of carboxylic acids is 1. The Morgan fingerprint density at radius 1 is 1.45 bits per heavy atom. The molecular weight excluding hydrogens is 307 g/mol. The molecule has 0 unspecified atom stereocenters. The van der Waals surface area contributed by atoms with E-state index in [9.17, 15) is 14.0 Å². The number of rotatable bonds is 5. The lowest BCUT2D eigenvalue weighted by Gasteiger charge is -2.11. The zero-order chi connectivity index (χ0) is 16.3. The Bertz CT molecular complexity index is 715.